The van der Waals surface area contributed by atoms with Gasteiger partial charge < -0.3 is 13.9 Å². The Balaban J connectivity index is 1.58. The molecule has 8 nitrogen and oxygen atoms in total. The molecule has 0 amide bonds. The summed E-state index contributed by atoms with van der Waals surface area (Å²) in [5, 5.41) is 8.65. The van der Waals surface area contributed by atoms with E-state index in [2.05, 4.69) is 10.2 Å². The van der Waals surface area contributed by atoms with Gasteiger partial charge in [0.15, 0.2) is 0 Å². The van der Waals surface area contributed by atoms with E-state index in [1.165, 1.54) is 17.5 Å². The highest BCUT2D eigenvalue weighted by Gasteiger charge is 2.35. The van der Waals surface area contributed by atoms with E-state index in [4.69, 9.17) is 25.5 Å². The number of benzene rings is 2. The van der Waals surface area contributed by atoms with Gasteiger partial charge in [0.25, 0.3) is 0 Å². The SMILES string of the molecule is COc1cccc(-c2nnc([C@@H]3CCCN(S(=O)(=O)c4cc(Cl)ccc4OC)C3)o2)c1. The molecule has 3 aromatic rings. The van der Waals surface area contributed by atoms with Gasteiger partial charge >= 0.3 is 0 Å². The molecule has 164 valence electrons. The molecule has 1 saturated heterocycles. The molecule has 0 N–H and O–H groups in total. The molecule has 0 aliphatic carbocycles. The summed E-state index contributed by atoms with van der Waals surface area (Å²) in [5.41, 5.74) is 0.738. The number of sulfonamides is 1. The normalized spacial score (nSPS) is 17.5. The summed E-state index contributed by atoms with van der Waals surface area (Å²) in [6.45, 7) is 0.628. The van der Waals surface area contributed by atoms with Crippen molar-refractivity contribution in [3.63, 3.8) is 0 Å². The summed E-state index contributed by atoms with van der Waals surface area (Å²) in [4.78, 5) is 0.0470. The van der Waals surface area contributed by atoms with Crippen LogP contribution in [0.5, 0.6) is 11.5 Å². The Hall–Kier alpha value is -2.62. The molecule has 0 unspecified atom stereocenters. The predicted molar refractivity (Wildman–Crippen MR) is 115 cm³/mol. The molecule has 0 saturated carbocycles. The summed E-state index contributed by atoms with van der Waals surface area (Å²) < 4.78 is 44.4. The molecule has 1 aliphatic heterocycles. The third kappa shape index (κ3) is 4.39. The lowest BCUT2D eigenvalue weighted by atomic mass is 10.00. The van der Waals surface area contributed by atoms with Crippen LogP contribution in [0.3, 0.4) is 0 Å². The number of aromatic nitrogens is 2. The Morgan fingerprint density at radius 3 is 2.74 bits per heavy atom. The van der Waals surface area contributed by atoms with E-state index in [0.29, 0.717) is 35.5 Å². The molecule has 1 fully saturated rings. The van der Waals surface area contributed by atoms with Crippen molar-refractivity contribution in [1.82, 2.24) is 14.5 Å². The second kappa shape index (κ2) is 8.86. The minimum atomic E-state index is -3.81. The zero-order valence-corrected chi connectivity index (χ0v) is 18.7. The number of methoxy groups -OCH3 is 2. The van der Waals surface area contributed by atoms with E-state index < -0.39 is 10.0 Å². The van der Waals surface area contributed by atoms with Crippen LogP contribution in [-0.4, -0.2) is 50.2 Å². The summed E-state index contributed by atoms with van der Waals surface area (Å²) in [7, 11) is -0.787. The fourth-order valence-corrected chi connectivity index (χ4v) is 5.57. The number of rotatable bonds is 6. The van der Waals surface area contributed by atoms with Crippen LogP contribution in [0.25, 0.3) is 11.5 Å². The Morgan fingerprint density at radius 1 is 1.13 bits per heavy atom. The molecule has 2 aromatic carbocycles. The smallest absolute Gasteiger partial charge is 0.247 e. The van der Waals surface area contributed by atoms with Crippen molar-refractivity contribution in [3.8, 4) is 23.0 Å². The fraction of sp³-hybridized carbons (Fsp3) is 0.333. The third-order valence-electron chi connectivity index (χ3n) is 5.23. The first-order valence-electron chi connectivity index (χ1n) is 9.74. The predicted octanol–water partition coefficient (Wildman–Crippen LogP) is 3.98. The fourth-order valence-electron chi connectivity index (χ4n) is 3.63. The van der Waals surface area contributed by atoms with Crippen molar-refractivity contribution in [2.45, 2.75) is 23.7 Å². The molecule has 4 rings (SSSR count). The van der Waals surface area contributed by atoms with Crippen LogP contribution in [0.4, 0.5) is 0 Å². The van der Waals surface area contributed by atoms with Crippen LogP contribution < -0.4 is 9.47 Å². The van der Waals surface area contributed by atoms with Crippen molar-refractivity contribution < 1.29 is 22.3 Å². The lowest BCUT2D eigenvalue weighted by Crippen LogP contribution is -2.39. The van der Waals surface area contributed by atoms with Gasteiger partial charge in [-0.25, -0.2) is 8.42 Å². The molecule has 0 bridgehead atoms. The summed E-state index contributed by atoms with van der Waals surface area (Å²) in [6.07, 6.45) is 1.42. The maximum absolute atomic E-state index is 13.3. The first-order chi connectivity index (χ1) is 14.9. The molecule has 2 heterocycles. The topological polar surface area (TPSA) is 94.8 Å². The van der Waals surface area contributed by atoms with E-state index in [9.17, 15) is 8.42 Å². The van der Waals surface area contributed by atoms with Crippen molar-refractivity contribution in [2.24, 2.45) is 0 Å². The first-order valence-corrected chi connectivity index (χ1v) is 11.6. The van der Waals surface area contributed by atoms with Gasteiger partial charge in [0.2, 0.25) is 21.8 Å². The van der Waals surface area contributed by atoms with Gasteiger partial charge in [-0.3, -0.25) is 0 Å². The van der Waals surface area contributed by atoms with Gasteiger partial charge in [-0.1, -0.05) is 17.7 Å². The van der Waals surface area contributed by atoms with Gasteiger partial charge in [0.05, 0.1) is 20.1 Å². The Bertz CT molecular complexity index is 1180. The molecule has 31 heavy (non-hydrogen) atoms. The average Bonchev–Trinajstić information content (AvgIpc) is 3.29. The first kappa shape index (κ1) is 21.6. The van der Waals surface area contributed by atoms with Gasteiger partial charge in [0, 0.05) is 23.7 Å². The summed E-state index contributed by atoms with van der Waals surface area (Å²) in [6, 6.07) is 11.9. The van der Waals surface area contributed by atoms with Gasteiger partial charge in [-0.2, -0.15) is 4.31 Å². The number of nitrogens with zero attached hydrogens (tertiary/aromatic N) is 3. The number of hydrogen-bond donors (Lipinski definition) is 0. The zero-order chi connectivity index (χ0) is 22.0. The summed E-state index contributed by atoms with van der Waals surface area (Å²) >= 11 is 6.05. The Morgan fingerprint density at radius 2 is 1.97 bits per heavy atom. The minimum Gasteiger partial charge on any atom is -0.497 e. The second-order valence-corrected chi connectivity index (χ2v) is 9.52. The lowest BCUT2D eigenvalue weighted by molar-refractivity contribution is 0.285. The highest BCUT2D eigenvalue weighted by atomic mass is 35.5. The van der Waals surface area contributed by atoms with Crippen molar-refractivity contribution in [2.75, 3.05) is 27.3 Å². The van der Waals surface area contributed by atoms with Gasteiger partial charge in [-0.05, 0) is 49.2 Å². The Labute approximate surface area is 185 Å². The van der Waals surface area contributed by atoms with Crippen LogP contribution in [-0.2, 0) is 10.0 Å². The molecular formula is C21H22ClN3O5S. The average molecular weight is 464 g/mol. The highest BCUT2D eigenvalue weighted by Crippen LogP contribution is 2.35. The lowest BCUT2D eigenvalue weighted by Gasteiger charge is -2.30. The van der Waals surface area contributed by atoms with Crippen LogP contribution in [0.15, 0.2) is 51.8 Å². The van der Waals surface area contributed by atoms with Crippen LogP contribution in [0.2, 0.25) is 5.02 Å². The Kier molecular flexibility index (Phi) is 6.17. The van der Waals surface area contributed by atoms with Crippen LogP contribution in [0, 0.1) is 0 Å². The monoisotopic (exact) mass is 463 g/mol. The molecule has 0 spiro atoms. The van der Waals surface area contributed by atoms with Crippen LogP contribution in [0.1, 0.15) is 24.7 Å². The van der Waals surface area contributed by atoms with E-state index >= 15 is 0 Å². The minimum absolute atomic E-state index is 0.0470. The van der Waals surface area contributed by atoms with E-state index in [1.54, 1.807) is 25.3 Å². The second-order valence-electron chi connectivity index (χ2n) is 7.17. The quantitative estimate of drug-likeness (QED) is 0.545. The van der Waals surface area contributed by atoms with E-state index in [0.717, 1.165) is 12.0 Å². The number of ether oxygens (including phenoxy) is 2. The molecule has 0 radical (unpaired) electrons. The number of hydrogen-bond acceptors (Lipinski definition) is 7. The zero-order valence-electron chi connectivity index (χ0n) is 17.1. The van der Waals surface area contributed by atoms with Crippen molar-refractivity contribution in [3.05, 3.63) is 53.4 Å². The molecule has 1 aliphatic rings. The third-order valence-corrected chi connectivity index (χ3v) is 7.36. The maximum Gasteiger partial charge on any atom is 0.247 e. The molecule has 1 aromatic heterocycles. The molecular weight excluding hydrogens is 442 g/mol. The largest absolute Gasteiger partial charge is 0.497 e. The highest BCUT2D eigenvalue weighted by molar-refractivity contribution is 7.89. The molecule has 10 heteroatoms. The van der Waals surface area contributed by atoms with Crippen molar-refractivity contribution in [1.29, 1.82) is 0 Å². The van der Waals surface area contributed by atoms with Gasteiger partial charge in [-0.15, -0.1) is 10.2 Å². The summed E-state index contributed by atoms with van der Waals surface area (Å²) in [5.74, 6) is 1.51. The van der Waals surface area contributed by atoms with Gasteiger partial charge in [0.1, 0.15) is 16.4 Å². The van der Waals surface area contributed by atoms with E-state index in [1.807, 2.05) is 18.2 Å². The van der Waals surface area contributed by atoms with E-state index in [-0.39, 0.29) is 23.1 Å². The number of piperidine rings is 1. The number of halogens is 1. The molecule has 1 atom stereocenters. The van der Waals surface area contributed by atoms with Crippen LogP contribution >= 0.6 is 11.6 Å². The maximum atomic E-state index is 13.3. The van der Waals surface area contributed by atoms with Crippen molar-refractivity contribution >= 4 is 21.6 Å². The standard InChI is InChI=1S/C21H22ClN3O5S/c1-28-17-7-3-5-14(11-17)20-23-24-21(30-20)15-6-4-10-25(13-15)31(26,27)19-12-16(22)8-9-18(19)29-2/h3,5,7-9,11-12,15H,4,6,10,13H2,1-2H3/t15-/m1/s1.